The predicted molar refractivity (Wildman–Crippen MR) is 99.5 cm³/mol. The third kappa shape index (κ3) is 3.49. The first-order valence-electron chi connectivity index (χ1n) is 7.72. The Bertz CT molecular complexity index is 989. The molecule has 0 amide bonds. The molecule has 3 aromatic rings. The van der Waals surface area contributed by atoms with Gasteiger partial charge in [0.2, 0.25) is 0 Å². The molecule has 0 fully saturated rings. The van der Waals surface area contributed by atoms with E-state index in [2.05, 4.69) is 11.1 Å². The number of carboxylic acid groups (broad SMARTS) is 1. The van der Waals surface area contributed by atoms with Crippen molar-refractivity contribution in [3.8, 4) is 17.2 Å². The van der Waals surface area contributed by atoms with E-state index in [4.69, 9.17) is 5.26 Å². The lowest BCUT2D eigenvalue weighted by Gasteiger charge is -2.19. The van der Waals surface area contributed by atoms with Gasteiger partial charge in [0.05, 0.1) is 17.1 Å². The molecular formula is C20H16N2O2S. The Morgan fingerprint density at radius 1 is 1.12 bits per heavy atom. The maximum absolute atomic E-state index is 11.4. The Balaban J connectivity index is 2.08. The number of nitrogens with zero attached hydrogens (tertiary/aromatic N) is 2. The van der Waals surface area contributed by atoms with Crippen LogP contribution in [0.1, 0.15) is 19.4 Å². The highest BCUT2D eigenvalue weighted by Gasteiger charge is 2.29. The lowest BCUT2D eigenvalue weighted by molar-refractivity contribution is -0.138. The molecule has 2 aromatic carbocycles. The quantitative estimate of drug-likeness (QED) is 0.690. The molecule has 0 unspecified atom stereocenters. The number of rotatable bonds is 4. The summed E-state index contributed by atoms with van der Waals surface area (Å²) in [5.74, 6) is -0.856. The number of hydrogen-bond acceptors (Lipinski definition) is 4. The van der Waals surface area contributed by atoms with Gasteiger partial charge in [0, 0.05) is 16.5 Å². The molecule has 0 aliphatic heterocycles. The molecule has 1 N–H and O–H groups in total. The fourth-order valence-electron chi connectivity index (χ4n) is 2.45. The molecule has 0 atom stereocenters. The highest BCUT2D eigenvalue weighted by molar-refractivity contribution is 8.01. The number of aliphatic carboxylic acids is 1. The first-order valence-corrected chi connectivity index (χ1v) is 8.54. The summed E-state index contributed by atoms with van der Waals surface area (Å²) in [6.45, 7) is 3.38. The Morgan fingerprint density at radius 3 is 2.44 bits per heavy atom. The molecule has 0 bridgehead atoms. The van der Waals surface area contributed by atoms with Gasteiger partial charge >= 0.3 is 5.97 Å². The second kappa shape index (κ2) is 6.58. The van der Waals surface area contributed by atoms with Crippen LogP contribution in [0.2, 0.25) is 0 Å². The van der Waals surface area contributed by atoms with Gasteiger partial charge < -0.3 is 5.11 Å². The van der Waals surface area contributed by atoms with Crippen molar-refractivity contribution in [2.24, 2.45) is 0 Å². The standard InChI is InChI=1S/C20H16N2O2S/c1-20(2,19(23)24)25-18-9-10-22-17-8-7-15(11-16(17)18)14-5-3-13(12-21)4-6-14/h3-11H,1-2H3,(H,23,24). The van der Waals surface area contributed by atoms with Crippen LogP contribution in [0, 0.1) is 11.3 Å². The Morgan fingerprint density at radius 2 is 1.80 bits per heavy atom. The normalized spacial score (nSPS) is 11.2. The minimum Gasteiger partial charge on any atom is -0.480 e. The summed E-state index contributed by atoms with van der Waals surface area (Å²) in [6, 6.07) is 17.3. The molecule has 1 heterocycles. The first kappa shape index (κ1) is 17.0. The second-order valence-corrected chi connectivity index (χ2v) is 7.81. The maximum atomic E-state index is 11.4. The molecule has 0 spiro atoms. The van der Waals surface area contributed by atoms with Crippen molar-refractivity contribution in [2.45, 2.75) is 23.5 Å². The van der Waals surface area contributed by atoms with Crippen molar-refractivity contribution in [3.05, 3.63) is 60.3 Å². The molecule has 5 heteroatoms. The van der Waals surface area contributed by atoms with Gasteiger partial charge in [-0.15, -0.1) is 11.8 Å². The van der Waals surface area contributed by atoms with Crippen LogP contribution in [-0.4, -0.2) is 20.8 Å². The molecule has 1 aromatic heterocycles. The van der Waals surface area contributed by atoms with E-state index in [1.807, 2.05) is 36.4 Å². The fraction of sp³-hybridized carbons (Fsp3) is 0.150. The highest BCUT2D eigenvalue weighted by Crippen LogP contribution is 2.37. The lowest BCUT2D eigenvalue weighted by Crippen LogP contribution is -2.26. The van der Waals surface area contributed by atoms with Gasteiger partial charge in [0.15, 0.2) is 0 Å². The zero-order valence-corrected chi connectivity index (χ0v) is 14.7. The number of nitriles is 1. The van der Waals surface area contributed by atoms with Crippen LogP contribution < -0.4 is 0 Å². The number of pyridine rings is 1. The van der Waals surface area contributed by atoms with Crippen molar-refractivity contribution in [3.63, 3.8) is 0 Å². The molecular weight excluding hydrogens is 332 g/mol. The average Bonchev–Trinajstić information content (AvgIpc) is 2.61. The molecule has 0 saturated heterocycles. The summed E-state index contributed by atoms with van der Waals surface area (Å²) >= 11 is 1.31. The fourth-order valence-corrected chi connectivity index (χ4v) is 3.48. The van der Waals surface area contributed by atoms with E-state index in [0.717, 1.165) is 26.9 Å². The van der Waals surface area contributed by atoms with E-state index in [0.29, 0.717) is 5.56 Å². The Hall–Kier alpha value is -2.84. The largest absolute Gasteiger partial charge is 0.480 e. The highest BCUT2D eigenvalue weighted by atomic mass is 32.2. The molecule has 0 saturated carbocycles. The Kier molecular flexibility index (Phi) is 4.47. The smallest absolute Gasteiger partial charge is 0.319 e. The number of carbonyl (C=O) groups is 1. The SMILES string of the molecule is CC(C)(Sc1ccnc2ccc(-c3ccc(C#N)cc3)cc12)C(=O)O. The third-order valence-electron chi connectivity index (χ3n) is 3.93. The lowest BCUT2D eigenvalue weighted by atomic mass is 10.0. The zero-order chi connectivity index (χ0) is 18.0. The number of benzene rings is 2. The van der Waals surface area contributed by atoms with Crippen LogP contribution >= 0.6 is 11.8 Å². The van der Waals surface area contributed by atoms with Crippen molar-refractivity contribution >= 4 is 28.6 Å². The van der Waals surface area contributed by atoms with Gasteiger partial charge in [-0.3, -0.25) is 9.78 Å². The van der Waals surface area contributed by atoms with Crippen molar-refractivity contribution in [1.29, 1.82) is 5.26 Å². The number of thioether (sulfide) groups is 1. The van der Waals surface area contributed by atoms with E-state index >= 15 is 0 Å². The maximum Gasteiger partial charge on any atom is 0.319 e. The summed E-state index contributed by atoms with van der Waals surface area (Å²) in [7, 11) is 0. The van der Waals surface area contributed by atoms with Gasteiger partial charge in [-0.2, -0.15) is 5.26 Å². The van der Waals surface area contributed by atoms with E-state index in [1.54, 1.807) is 32.2 Å². The average molecular weight is 348 g/mol. The monoisotopic (exact) mass is 348 g/mol. The van der Waals surface area contributed by atoms with Crippen LogP contribution in [0.3, 0.4) is 0 Å². The molecule has 25 heavy (non-hydrogen) atoms. The zero-order valence-electron chi connectivity index (χ0n) is 13.9. The summed E-state index contributed by atoms with van der Waals surface area (Å²) < 4.78 is -0.932. The van der Waals surface area contributed by atoms with Gasteiger partial charge in [-0.25, -0.2) is 0 Å². The molecule has 4 nitrogen and oxygen atoms in total. The summed E-state index contributed by atoms with van der Waals surface area (Å²) in [4.78, 5) is 16.7. The van der Waals surface area contributed by atoms with E-state index in [1.165, 1.54) is 11.8 Å². The van der Waals surface area contributed by atoms with Crippen molar-refractivity contribution < 1.29 is 9.90 Å². The number of hydrogen-bond donors (Lipinski definition) is 1. The Labute approximate surface area is 150 Å². The molecule has 124 valence electrons. The van der Waals surface area contributed by atoms with E-state index < -0.39 is 10.7 Å². The van der Waals surface area contributed by atoms with E-state index in [9.17, 15) is 9.90 Å². The second-order valence-electron chi connectivity index (χ2n) is 6.15. The van der Waals surface area contributed by atoms with Crippen LogP contribution in [0.5, 0.6) is 0 Å². The third-order valence-corrected chi connectivity index (χ3v) is 5.19. The van der Waals surface area contributed by atoms with Crippen LogP contribution in [0.4, 0.5) is 0 Å². The summed E-state index contributed by atoms with van der Waals surface area (Å²) in [5, 5.41) is 19.2. The van der Waals surface area contributed by atoms with Crippen LogP contribution in [0.25, 0.3) is 22.0 Å². The first-order chi connectivity index (χ1) is 11.9. The van der Waals surface area contributed by atoms with Gasteiger partial charge in [-0.05, 0) is 55.3 Å². The number of aromatic nitrogens is 1. The predicted octanol–water partition coefficient (Wildman–Crippen LogP) is 4.73. The van der Waals surface area contributed by atoms with Gasteiger partial charge in [0.1, 0.15) is 4.75 Å². The minimum atomic E-state index is -0.932. The van der Waals surface area contributed by atoms with Gasteiger partial charge in [-0.1, -0.05) is 18.2 Å². The topological polar surface area (TPSA) is 74.0 Å². The van der Waals surface area contributed by atoms with Crippen molar-refractivity contribution in [2.75, 3.05) is 0 Å². The summed E-state index contributed by atoms with van der Waals surface area (Å²) in [6.07, 6.45) is 1.70. The van der Waals surface area contributed by atoms with Gasteiger partial charge in [0.25, 0.3) is 0 Å². The van der Waals surface area contributed by atoms with Crippen LogP contribution in [-0.2, 0) is 4.79 Å². The summed E-state index contributed by atoms with van der Waals surface area (Å²) in [5.41, 5.74) is 3.44. The molecule has 0 aliphatic rings. The van der Waals surface area contributed by atoms with Crippen LogP contribution in [0.15, 0.2) is 59.6 Å². The molecule has 3 rings (SSSR count). The minimum absolute atomic E-state index is 0.616. The van der Waals surface area contributed by atoms with E-state index in [-0.39, 0.29) is 0 Å². The number of carboxylic acids is 1. The molecule has 0 aliphatic carbocycles. The van der Waals surface area contributed by atoms with Crippen molar-refractivity contribution in [1.82, 2.24) is 4.98 Å². The number of fused-ring (bicyclic) bond motifs is 1. The molecule has 0 radical (unpaired) electrons.